The summed E-state index contributed by atoms with van der Waals surface area (Å²) in [6.07, 6.45) is -0.00932. The normalized spacial score (nSPS) is 11.7. The van der Waals surface area contributed by atoms with Crippen LogP contribution in [-0.2, 0) is 9.59 Å². The quantitative estimate of drug-likeness (QED) is 0.740. The highest BCUT2D eigenvalue weighted by molar-refractivity contribution is 5.96. The molecule has 0 bridgehead atoms. The van der Waals surface area contributed by atoms with Gasteiger partial charge >= 0.3 is 11.9 Å². The van der Waals surface area contributed by atoms with Gasteiger partial charge in [0.1, 0.15) is 0 Å². The van der Waals surface area contributed by atoms with E-state index in [1.807, 2.05) is 0 Å². The third kappa shape index (κ3) is 4.38. The molecule has 0 aliphatic heterocycles. The molecule has 0 saturated heterocycles. The van der Waals surface area contributed by atoms with Gasteiger partial charge in [0.15, 0.2) is 0 Å². The van der Waals surface area contributed by atoms with Crippen molar-refractivity contribution in [2.75, 3.05) is 5.32 Å². The average molecular weight is 279 g/mol. The predicted octanol–water partition coefficient (Wildman–Crippen LogP) is 2.13. The second-order valence-electron chi connectivity index (χ2n) is 4.74. The Kier molecular flexibility index (Phi) is 5.25. The maximum absolute atomic E-state index is 11.8. The molecule has 1 unspecified atom stereocenters. The van der Waals surface area contributed by atoms with Crippen molar-refractivity contribution in [3.63, 3.8) is 0 Å². The number of aliphatic carboxylic acids is 1. The Balaban J connectivity index is 2.74. The number of carbonyl (C=O) groups is 3. The summed E-state index contributed by atoms with van der Waals surface area (Å²) in [6.45, 7) is 3.29. The van der Waals surface area contributed by atoms with Crippen molar-refractivity contribution in [2.24, 2.45) is 5.92 Å². The van der Waals surface area contributed by atoms with E-state index in [0.29, 0.717) is 11.3 Å². The number of amides is 1. The molecule has 1 rings (SSSR count). The summed E-state index contributed by atoms with van der Waals surface area (Å²) in [5.74, 6) is -2.62. The zero-order valence-corrected chi connectivity index (χ0v) is 11.3. The summed E-state index contributed by atoms with van der Waals surface area (Å²) in [4.78, 5) is 33.3. The van der Waals surface area contributed by atoms with Gasteiger partial charge in [0.2, 0.25) is 5.91 Å². The summed E-state index contributed by atoms with van der Waals surface area (Å²) >= 11 is 0. The lowest BCUT2D eigenvalue weighted by atomic mass is 10.0. The zero-order chi connectivity index (χ0) is 15.3. The molecule has 0 aliphatic carbocycles. The van der Waals surface area contributed by atoms with E-state index in [0.717, 1.165) is 0 Å². The van der Waals surface area contributed by atoms with Crippen LogP contribution in [0.15, 0.2) is 18.2 Å². The first-order valence-corrected chi connectivity index (χ1v) is 6.15. The van der Waals surface area contributed by atoms with Gasteiger partial charge in [-0.1, -0.05) is 13.0 Å². The van der Waals surface area contributed by atoms with Crippen LogP contribution in [0.1, 0.15) is 35.7 Å². The van der Waals surface area contributed by atoms with Gasteiger partial charge in [0, 0.05) is 18.5 Å². The third-order valence-electron chi connectivity index (χ3n) is 2.90. The van der Waals surface area contributed by atoms with Gasteiger partial charge in [-0.25, -0.2) is 4.79 Å². The van der Waals surface area contributed by atoms with Gasteiger partial charge in [0.05, 0.1) is 5.56 Å². The molecule has 1 aromatic carbocycles. The summed E-state index contributed by atoms with van der Waals surface area (Å²) < 4.78 is 0. The molecule has 0 radical (unpaired) electrons. The van der Waals surface area contributed by atoms with Gasteiger partial charge in [-0.05, 0) is 30.5 Å². The summed E-state index contributed by atoms with van der Waals surface area (Å²) in [5.41, 5.74) is 1.03. The standard InChI is InChI=1S/C14H17NO5/c1-8(7-13(17)18)6-12(16)15-11-5-3-4-10(9(11)2)14(19)20/h3-5,8H,6-7H2,1-2H3,(H,15,16)(H,17,18)(H,19,20). The number of hydrogen-bond donors (Lipinski definition) is 3. The lowest BCUT2D eigenvalue weighted by Gasteiger charge is -2.12. The second kappa shape index (κ2) is 6.70. The van der Waals surface area contributed by atoms with Gasteiger partial charge in [-0.3, -0.25) is 9.59 Å². The Morgan fingerprint density at radius 2 is 1.85 bits per heavy atom. The van der Waals surface area contributed by atoms with E-state index in [4.69, 9.17) is 10.2 Å². The molecular weight excluding hydrogens is 262 g/mol. The summed E-state index contributed by atoms with van der Waals surface area (Å²) in [6, 6.07) is 4.62. The van der Waals surface area contributed by atoms with E-state index in [-0.39, 0.29) is 30.2 Å². The number of carboxylic acid groups (broad SMARTS) is 2. The molecule has 0 aliphatic rings. The molecule has 0 spiro atoms. The van der Waals surface area contributed by atoms with Crippen molar-refractivity contribution < 1.29 is 24.6 Å². The van der Waals surface area contributed by atoms with Crippen molar-refractivity contribution >= 4 is 23.5 Å². The molecule has 3 N–H and O–H groups in total. The molecule has 6 nitrogen and oxygen atoms in total. The topological polar surface area (TPSA) is 104 Å². The Morgan fingerprint density at radius 3 is 2.40 bits per heavy atom. The van der Waals surface area contributed by atoms with Gasteiger partial charge in [-0.2, -0.15) is 0 Å². The number of carbonyl (C=O) groups excluding carboxylic acids is 1. The van der Waals surface area contributed by atoms with Gasteiger partial charge in [-0.15, -0.1) is 0 Å². The molecule has 0 aromatic heterocycles. The SMILES string of the molecule is Cc1c(NC(=O)CC(C)CC(=O)O)cccc1C(=O)O. The molecule has 6 heteroatoms. The first-order valence-electron chi connectivity index (χ1n) is 6.15. The molecule has 0 fully saturated rings. The van der Waals surface area contributed by atoms with E-state index in [2.05, 4.69) is 5.32 Å². The van der Waals surface area contributed by atoms with Crippen LogP contribution in [0.25, 0.3) is 0 Å². The van der Waals surface area contributed by atoms with Crippen molar-refractivity contribution in [3.05, 3.63) is 29.3 Å². The second-order valence-corrected chi connectivity index (χ2v) is 4.74. The molecule has 1 atom stereocenters. The van der Waals surface area contributed by atoms with Crippen LogP contribution in [0.4, 0.5) is 5.69 Å². The minimum Gasteiger partial charge on any atom is -0.481 e. The Hall–Kier alpha value is -2.37. The number of benzene rings is 1. The Morgan fingerprint density at radius 1 is 1.20 bits per heavy atom. The van der Waals surface area contributed by atoms with Gasteiger partial charge < -0.3 is 15.5 Å². The maximum atomic E-state index is 11.8. The minimum absolute atomic E-state index is 0.0725. The number of aromatic carboxylic acids is 1. The van der Waals surface area contributed by atoms with Gasteiger partial charge in [0.25, 0.3) is 0 Å². The average Bonchev–Trinajstić information content (AvgIpc) is 2.29. The van der Waals surface area contributed by atoms with Crippen LogP contribution in [0.5, 0.6) is 0 Å². The van der Waals surface area contributed by atoms with Crippen LogP contribution in [0, 0.1) is 12.8 Å². The number of carboxylic acids is 2. The fraction of sp³-hybridized carbons (Fsp3) is 0.357. The predicted molar refractivity (Wildman–Crippen MR) is 72.8 cm³/mol. The highest BCUT2D eigenvalue weighted by Gasteiger charge is 2.15. The largest absolute Gasteiger partial charge is 0.481 e. The fourth-order valence-electron chi connectivity index (χ4n) is 1.89. The third-order valence-corrected chi connectivity index (χ3v) is 2.90. The molecular formula is C14H17NO5. The van der Waals surface area contributed by atoms with Crippen molar-refractivity contribution in [2.45, 2.75) is 26.7 Å². The van der Waals surface area contributed by atoms with E-state index in [9.17, 15) is 14.4 Å². The monoisotopic (exact) mass is 279 g/mol. The number of nitrogens with one attached hydrogen (secondary N) is 1. The molecule has 1 aromatic rings. The molecule has 1 amide bonds. The lowest BCUT2D eigenvalue weighted by Crippen LogP contribution is -2.18. The highest BCUT2D eigenvalue weighted by atomic mass is 16.4. The maximum Gasteiger partial charge on any atom is 0.336 e. The molecule has 108 valence electrons. The zero-order valence-electron chi connectivity index (χ0n) is 11.3. The first kappa shape index (κ1) is 15.7. The molecule has 20 heavy (non-hydrogen) atoms. The van der Waals surface area contributed by atoms with Crippen LogP contribution < -0.4 is 5.32 Å². The van der Waals surface area contributed by atoms with Crippen LogP contribution in [-0.4, -0.2) is 28.1 Å². The minimum atomic E-state index is -1.06. The van der Waals surface area contributed by atoms with E-state index in [1.54, 1.807) is 26.0 Å². The number of anilines is 1. The van der Waals surface area contributed by atoms with Crippen LogP contribution in [0.2, 0.25) is 0 Å². The van der Waals surface area contributed by atoms with Crippen molar-refractivity contribution in [3.8, 4) is 0 Å². The van der Waals surface area contributed by atoms with Crippen LogP contribution in [0.3, 0.4) is 0 Å². The van der Waals surface area contributed by atoms with E-state index in [1.165, 1.54) is 6.07 Å². The van der Waals surface area contributed by atoms with Crippen molar-refractivity contribution in [1.29, 1.82) is 0 Å². The smallest absolute Gasteiger partial charge is 0.336 e. The lowest BCUT2D eigenvalue weighted by molar-refractivity contribution is -0.138. The Labute approximate surface area is 116 Å². The molecule has 0 heterocycles. The van der Waals surface area contributed by atoms with Crippen molar-refractivity contribution in [1.82, 2.24) is 0 Å². The summed E-state index contributed by atoms with van der Waals surface area (Å²) in [7, 11) is 0. The number of rotatable bonds is 6. The van der Waals surface area contributed by atoms with E-state index < -0.39 is 11.9 Å². The fourth-order valence-corrected chi connectivity index (χ4v) is 1.89. The highest BCUT2D eigenvalue weighted by Crippen LogP contribution is 2.20. The van der Waals surface area contributed by atoms with Crippen LogP contribution >= 0.6 is 0 Å². The molecule has 0 saturated carbocycles. The van der Waals surface area contributed by atoms with E-state index >= 15 is 0 Å². The first-order chi connectivity index (χ1) is 9.31. The Bertz CT molecular complexity index is 538. The number of hydrogen-bond acceptors (Lipinski definition) is 3. The summed E-state index contributed by atoms with van der Waals surface area (Å²) in [5, 5.41) is 20.2.